The van der Waals surface area contributed by atoms with Gasteiger partial charge in [0.25, 0.3) is 0 Å². The monoisotopic (exact) mass is 288 g/mol. The Labute approximate surface area is 124 Å². The van der Waals surface area contributed by atoms with Crippen LogP contribution in [-0.2, 0) is 9.59 Å². The van der Waals surface area contributed by atoms with Crippen molar-refractivity contribution in [2.75, 3.05) is 24.3 Å². The molecule has 0 saturated heterocycles. The van der Waals surface area contributed by atoms with Crippen LogP contribution in [0.1, 0.15) is 12.8 Å². The largest absolute Gasteiger partial charge is 0.481 e. The van der Waals surface area contributed by atoms with Crippen molar-refractivity contribution in [2.24, 2.45) is 11.8 Å². The number of benzene rings is 1. The molecule has 1 aromatic carbocycles. The number of rotatable bonds is 4. The normalized spacial score (nSPS) is 20.9. The van der Waals surface area contributed by atoms with Crippen molar-refractivity contribution >= 4 is 23.3 Å². The molecule has 0 spiro atoms. The average molecular weight is 288 g/mol. The summed E-state index contributed by atoms with van der Waals surface area (Å²) in [4.78, 5) is 25.5. The summed E-state index contributed by atoms with van der Waals surface area (Å²) >= 11 is 0. The Hall–Kier alpha value is -2.30. The number of aliphatic carboxylic acids is 1. The molecule has 1 aliphatic rings. The number of hydrogen-bond donors (Lipinski definition) is 2. The number of nitrogens with one attached hydrogen (secondary N) is 1. The van der Waals surface area contributed by atoms with Gasteiger partial charge < -0.3 is 15.3 Å². The van der Waals surface area contributed by atoms with Crippen LogP contribution < -0.4 is 10.2 Å². The zero-order chi connectivity index (χ0) is 15.4. The minimum absolute atomic E-state index is 0.232. The summed E-state index contributed by atoms with van der Waals surface area (Å²) in [6, 6.07) is 7.46. The standard InChI is InChI=1S/C16H20N2O3/c1-18(2)12-9-7-11(8-10-12)17-15(19)13-5-3-4-6-14(13)16(20)21/h3-4,7-10,13-14H,5-6H2,1-2H3,(H,17,19)(H,20,21)/t13-,14-/m0/s1. The van der Waals surface area contributed by atoms with E-state index >= 15 is 0 Å². The molecule has 0 aromatic heterocycles. The average Bonchev–Trinajstić information content (AvgIpc) is 2.47. The van der Waals surface area contributed by atoms with Crippen molar-refractivity contribution < 1.29 is 14.7 Å². The molecule has 2 atom stereocenters. The fourth-order valence-electron chi connectivity index (χ4n) is 2.45. The third-order valence-electron chi connectivity index (χ3n) is 3.74. The predicted molar refractivity (Wildman–Crippen MR) is 82.4 cm³/mol. The van der Waals surface area contributed by atoms with Crippen molar-refractivity contribution in [1.29, 1.82) is 0 Å². The molecule has 2 rings (SSSR count). The Morgan fingerprint density at radius 1 is 1.10 bits per heavy atom. The second-order valence-corrected chi connectivity index (χ2v) is 5.42. The fraction of sp³-hybridized carbons (Fsp3) is 0.375. The van der Waals surface area contributed by atoms with Crippen molar-refractivity contribution in [3.8, 4) is 0 Å². The van der Waals surface area contributed by atoms with Gasteiger partial charge in [-0.1, -0.05) is 12.2 Å². The molecule has 0 aliphatic heterocycles. The van der Waals surface area contributed by atoms with Crippen LogP contribution in [0.2, 0.25) is 0 Å². The lowest BCUT2D eigenvalue weighted by atomic mass is 9.82. The minimum Gasteiger partial charge on any atom is -0.481 e. The van der Waals surface area contributed by atoms with Crippen LogP contribution in [0.15, 0.2) is 36.4 Å². The third-order valence-corrected chi connectivity index (χ3v) is 3.74. The van der Waals surface area contributed by atoms with E-state index in [-0.39, 0.29) is 5.91 Å². The minimum atomic E-state index is -0.914. The summed E-state index contributed by atoms with van der Waals surface area (Å²) < 4.78 is 0. The van der Waals surface area contributed by atoms with E-state index in [4.69, 9.17) is 0 Å². The number of allylic oxidation sites excluding steroid dienone is 2. The van der Waals surface area contributed by atoms with Crippen LogP contribution in [0.25, 0.3) is 0 Å². The van der Waals surface area contributed by atoms with Crippen molar-refractivity contribution in [3.63, 3.8) is 0 Å². The van der Waals surface area contributed by atoms with Gasteiger partial charge in [0.1, 0.15) is 0 Å². The van der Waals surface area contributed by atoms with Crippen LogP contribution in [0.3, 0.4) is 0 Å². The summed E-state index contributed by atoms with van der Waals surface area (Å²) in [5.41, 5.74) is 1.72. The highest BCUT2D eigenvalue weighted by atomic mass is 16.4. The van der Waals surface area contributed by atoms with Gasteiger partial charge in [-0.05, 0) is 37.1 Å². The number of carboxylic acids is 1. The van der Waals surface area contributed by atoms with Crippen LogP contribution in [-0.4, -0.2) is 31.1 Å². The molecule has 5 nitrogen and oxygen atoms in total. The molecular weight excluding hydrogens is 268 g/mol. The quantitative estimate of drug-likeness (QED) is 0.834. The fourth-order valence-corrected chi connectivity index (χ4v) is 2.45. The van der Waals surface area contributed by atoms with E-state index in [1.165, 1.54) is 0 Å². The first-order chi connectivity index (χ1) is 9.99. The summed E-state index contributed by atoms with van der Waals surface area (Å²) in [6.07, 6.45) is 4.58. The second-order valence-electron chi connectivity index (χ2n) is 5.42. The molecule has 0 bridgehead atoms. The first kappa shape index (κ1) is 15.1. The number of carbonyl (C=O) groups is 2. The van der Waals surface area contributed by atoms with Crippen LogP contribution in [0, 0.1) is 11.8 Å². The zero-order valence-corrected chi connectivity index (χ0v) is 12.2. The first-order valence-electron chi connectivity index (χ1n) is 6.95. The SMILES string of the molecule is CN(C)c1ccc(NC(=O)[C@H]2CC=CC[C@@H]2C(=O)O)cc1. The maximum Gasteiger partial charge on any atom is 0.307 e. The van der Waals surface area contributed by atoms with Crippen molar-refractivity contribution in [2.45, 2.75) is 12.8 Å². The second kappa shape index (κ2) is 6.43. The molecule has 21 heavy (non-hydrogen) atoms. The van der Waals surface area contributed by atoms with Crippen LogP contribution in [0.4, 0.5) is 11.4 Å². The maximum absolute atomic E-state index is 12.3. The summed E-state index contributed by atoms with van der Waals surface area (Å²) in [5, 5.41) is 12.0. The van der Waals surface area contributed by atoms with E-state index in [9.17, 15) is 14.7 Å². The molecular formula is C16H20N2O3. The number of amides is 1. The number of nitrogens with zero attached hydrogens (tertiary/aromatic N) is 1. The summed E-state index contributed by atoms with van der Waals surface area (Å²) in [6.45, 7) is 0. The molecule has 0 fully saturated rings. The highest BCUT2D eigenvalue weighted by molar-refractivity contribution is 5.95. The van der Waals surface area contributed by atoms with E-state index in [2.05, 4.69) is 5.32 Å². The summed E-state index contributed by atoms with van der Waals surface area (Å²) in [5.74, 6) is -2.30. The molecule has 0 heterocycles. The van der Waals surface area contributed by atoms with Gasteiger partial charge in [-0.15, -0.1) is 0 Å². The molecule has 1 aromatic rings. The van der Waals surface area contributed by atoms with E-state index in [0.29, 0.717) is 18.5 Å². The Kier molecular flexibility index (Phi) is 4.62. The van der Waals surface area contributed by atoms with Gasteiger partial charge >= 0.3 is 5.97 Å². The van der Waals surface area contributed by atoms with Gasteiger partial charge in [0.05, 0.1) is 11.8 Å². The molecule has 2 N–H and O–H groups in total. The molecule has 0 unspecified atom stereocenters. The number of anilines is 2. The third kappa shape index (κ3) is 3.62. The molecule has 5 heteroatoms. The Balaban J connectivity index is 2.06. The zero-order valence-electron chi connectivity index (χ0n) is 12.2. The number of carboxylic acid groups (broad SMARTS) is 1. The van der Waals surface area contributed by atoms with E-state index in [1.54, 1.807) is 0 Å². The number of carbonyl (C=O) groups excluding carboxylic acids is 1. The van der Waals surface area contributed by atoms with Crippen molar-refractivity contribution in [3.05, 3.63) is 36.4 Å². The molecule has 112 valence electrons. The predicted octanol–water partition coefficient (Wildman–Crippen LogP) is 2.36. The van der Waals surface area contributed by atoms with Gasteiger partial charge in [0, 0.05) is 25.5 Å². The molecule has 0 radical (unpaired) electrons. The highest BCUT2D eigenvalue weighted by Crippen LogP contribution is 2.27. The van der Waals surface area contributed by atoms with E-state index in [0.717, 1.165) is 5.69 Å². The van der Waals surface area contributed by atoms with Gasteiger partial charge in [-0.25, -0.2) is 0 Å². The topological polar surface area (TPSA) is 69.6 Å². The van der Waals surface area contributed by atoms with E-state index < -0.39 is 17.8 Å². The first-order valence-corrected chi connectivity index (χ1v) is 6.95. The lowest BCUT2D eigenvalue weighted by molar-refractivity contribution is -0.146. The lowest BCUT2D eigenvalue weighted by Gasteiger charge is -2.24. The Morgan fingerprint density at radius 2 is 1.67 bits per heavy atom. The van der Waals surface area contributed by atoms with Gasteiger partial charge in [-0.2, -0.15) is 0 Å². The van der Waals surface area contributed by atoms with Gasteiger partial charge in [0.15, 0.2) is 0 Å². The highest BCUT2D eigenvalue weighted by Gasteiger charge is 2.33. The maximum atomic E-state index is 12.3. The molecule has 1 aliphatic carbocycles. The Morgan fingerprint density at radius 3 is 2.19 bits per heavy atom. The molecule has 1 amide bonds. The summed E-state index contributed by atoms with van der Waals surface area (Å²) in [7, 11) is 3.89. The van der Waals surface area contributed by atoms with Crippen LogP contribution >= 0.6 is 0 Å². The number of hydrogen-bond acceptors (Lipinski definition) is 3. The van der Waals surface area contributed by atoms with Crippen LogP contribution in [0.5, 0.6) is 0 Å². The van der Waals surface area contributed by atoms with Gasteiger partial charge in [-0.3, -0.25) is 9.59 Å². The van der Waals surface area contributed by atoms with Gasteiger partial charge in [0.2, 0.25) is 5.91 Å². The smallest absolute Gasteiger partial charge is 0.307 e. The lowest BCUT2D eigenvalue weighted by Crippen LogP contribution is -2.34. The van der Waals surface area contributed by atoms with E-state index in [1.807, 2.05) is 55.4 Å². The Bertz CT molecular complexity index is 549. The van der Waals surface area contributed by atoms with Crippen molar-refractivity contribution in [1.82, 2.24) is 0 Å². The molecule has 0 saturated carbocycles.